The molecule has 0 saturated carbocycles. The van der Waals surface area contributed by atoms with Gasteiger partial charge in [-0.05, 0) is 30.7 Å². The van der Waals surface area contributed by atoms with Crippen molar-refractivity contribution in [2.75, 3.05) is 0 Å². The molecule has 0 fully saturated rings. The highest BCUT2D eigenvalue weighted by atomic mass is 32.2. The summed E-state index contributed by atoms with van der Waals surface area (Å²) in [7, 11) is -3.85. The lowest BCUT2D eigenvalue weighted by atomic mass is 9.89. The molecule has 0 aromatic heterocycles. The first-order chi connectivity index (χ1) is 12.6. The predicted octanol–water partition coefficient (Wildman–Crippen LogP) is 4.49. The molecule has 0 amide bonds. The van der Waals surface area contributed by atoms with Gasteiger partial charge in [0.25, 0.3) is 10.0 Å². The van der Waals surface area contributed by atoms with Gasteiger partial charge < -0.3 is 0 Å². The lowest BCUT2D eigenvalue weighted by Gasteiger charge is -2.20. The summed E-state index contributed by atoms with van der Waals surface area (Å²) in [5.41, 5.74) is 1.23. The van der Waals surface area contributed by atoms with E-state index in [4.69, 9.17) is 0 Å². The summed E-state index contributed by atoms with van der Waals surface area (Å²) in [6.07, 6.45) is 4.99. The molecule has 5 heteroatoms. The standard InChI is InChI=1S/C22H25NO3S/c1-17-13-15-19(16-14-17)27(25,26)23-20(21(24)22(2,3)4)12-8-11-18-9-6-5-7-10-18/h5-16,23H,1-4H3/b11-8+,20-12-. The fourth-order valence-corrected chi connectivity index (χ4v) is 3.36. The Morgan fingerprint density at radius 1 is 0.963 bits per heavy atom. The van der Waals surface area contributed by atoms with Gasteiger partial charge in [-0.3, -0.25) is 9.52 Å². The summed E-state index contributed by atoms with van der Waals surface area (Å²) in [5.74, 6) is -0.282. The third-order valence-electron chi connectivity index (χ3n) is 3.85. The van der Waals surface area contributed by atoms with E-state index in [2.05, 4.69) is 4.72 Å². The molecule has 0 radical (unpaired) electrons. The summed E-state index contributed by atoms with van der Waals surface area (Å²) in [6.45, 7) is 7.14. The van der Waals surface area contributed by atoms with Gasteiger partial charge in [0.05, 0.1) is 10.6 Å². The molecule has 0 saturated heterocycles. The van der Waals surface area contributed by atoms with Crippen molar-refractivity contribution in [1.29, 1.82) is 0 Å². The van der Waals surface area contributed by atoms with Crippen molar-refractivity contribution >= 4 is 21.9 Å². The molecule has 2 aromatic rings. The fourth-order valence-electron chi connectivity index (χ4n) is 2.30. The molecule has 0 heterocycles. The molecule has 0 spiro atoms. The van der Waals surface area contributed by atoms with Crippen LogP contribution in [0.25, 0.3) is 6.08 Å². The number of benzene rings is 2. The second kappa shape index (κ2) is 8.35. The number of carbonyl (C=O) groups excluding carboxylic acids is 1. The zero-order valence-corrected chi connectivity index (χ0v) is 16.9. The number of allylic oxidation sites excluding steroid dienone is 3. The number of carbonyl (C=O) groups is 1. The van der Waals surface area contributed by atoms with Gasteiger partial charge in [0, 0.05) is 5.41 Å². The minimum absolute atomic E-state index is 0.0373. The first-order valence-electron chi connectivity index (χ1n) is 8.67. The number of hydrogen-bond donors (Lipinski definition) is 1. The van der Waals surface area contributed by atoms with Crippen LogP contribution in [0.2, 0.25) is 0 Å². The first kappa shape index (κ1) is 20.6. The molecule has 0 bridgehead atoms. The molecular weight excluding hydrogens is 358 g/mol. The van der Waals surface area contributed by atoms with Gasteiger partial charge in [0.15, 0.2) is 5.78 Å². The van der Waals surface area contributed by atoms with Gasteiger partial charge in [-0.25, -0.2) is 8.42 Å². The Labute approximate surface area is 161 Å². The third-order valence-corrected chi connectivity index (χ3v) is 5.23. The van der Waals surface area contributed by atoms with Gasteiger partial charge >= 0.3 is 0 Å². The van der Waals surface area contributed by atoms with Crippen LogP contribution in [0.3, 0.4) is 0 Å². The number of ketones is 1. The van der Waals surface area contributed by atoms with Crippen LogP contribution < -0.4 is 4.72 Å². The Hall–Kier alpha value is -2.66. The highest BCUT2D eigenvalue weighted by molar-refractivity contribution is 7.89. The van der Waals surface area contributed by atoms with Crippen molar-refractivity contribution in [2.45, 2.75) is 32.6 Å². The van der Waals surface area contributed by atoms with E-state index in [9.17, 15) is 13.2 Å². The average molecular weight is 384 g/mol. The number of aryl methyl sites for hydroxylation is 1. The second-order valence-corrected chi connectivity index (χ2v) is 9.03. The van der Waals surface area contributed by atoms with Crippen molar-refractivity contribution in [1.82, 2.24) is 4.72 Å². The zero-order chi connectivity index (χ0) is 20.1. The molecule has 2 aromatic carbocycles. The normalized spacial score (nSPS) is 13.0. The number of hydrogen-bond acceptors (Lipinski definition) is 3. The SMILES string of the molecule is Cc1ccc(S(=O)(=O)N/C(=C\C=C\c2ccccc2)C(=O)C(C)(C)C)cc1. The molecule has 0 aliphatic carbocycles. The van der Waals surface area contributed by atoms with E-state index in [1.165, 1.54) is 18.2 Å². The topological polar surface area (TPSA) is 63.2 Å². The van der Waals surface area contributed by atoms with E-state index in [-0.39, 0.29) is 16.4 Å². The van der Waals surface area contributed by atoms with Gasteiger partial charge in [-0.15, -0.1) is 0 Å². The van der Waals surface area contributed by atoms with E-state index in [0.717, 1.165) is 11.1 Å². The number of sulfonamides is 1. The second-order valence-electron chi connectivity index (χ2n) is 7.35. The molecule has 0 atom stereocenters. The molecule has 0 unspecified atom stereocenters. The lowest BCUT2D eigenvalue weighted by Crippen LogP contribution is -2.33. The molecule has 0 aliphatic heterocycles. The highest BCUT2D eigenvalue weighted by Crippen LogP contribution is 2.21. The number of Topliss-reactive ketones (excluding diaryl/α,β-unsaturated/α-hetero) is 1. The molecule has 1 N–H and O–H groups in total. The molecule has 2 rings (SSSR count). The molecule has 4 nitrogen and oxygen atoms in total. The summed E-state index contributed by atoms with van der Waals surface area (Å²) in [6, 6.07) is 16.1. The van der Waals surface area contributed by atoms with E-state index in [1.54, 1.807) is 39.0 Å². The van der Waals surface area contributed by atoms with E-state index in [0.29, 0.717) is 0 Å². The monoisotopic (exact) mass is 383 g/mol. The molecule has 0 aliphatic rings. The average Bonchev–Trinajstić information content (AvgIpc) is 2.60. The maximum absolute atomic E-state index is 12.7. The largest absolute Gasteiger partial charge is 0.292 e. The quantitative estimate of drug-likeness (QED) is 0.591. The van der Waals surface area contributed by atoms with Crippen molar-refractivity contribution in [3.8, 4) is 0 Å². The van der Waals surface area contributed by atoms with Crippen LogP contribution in [0.15, 0.2) is 77.3 Å². The maximum Gasteiger partial charge on any atom is 0.262 e. The van der Waals surface area contributed by atoms with Crippen molar-refractivity contribution in [3.63, 3.8) is 0 Å². The van der Waals surface area contributed by atoms with Crippen molar-refractivity contribution in [2.24, 2.45) is 5.41 Å². The Balaban J connectivity index is 2.35. The van der Waals surface area contributed by atoms with Crippen molar-refractivity contribution in [3.05, 3.63) is 83.6 Å². The molecule has 142 valence electrons. The fraction of sp³-hybridized carbons (Fsp3) is 0.227. The summed E-state index contributed by atoms with van der Waals surface area (Å²) >= 11 is 0. The Bertz CT molecular complexity index is 949. The third kappa shape index (κ3) is 5.93. The van der Waals surface area contributed by atoms with E-state index < -0.39 is 15.4 Å². The Morgan fingerprint density at radius 3 is 2.11 bits per heavy atom. The minimum Gasteiger partial charge on any atom is -0.292 e. The first-order valence-corrected chi connectivity index (χ1v) is 10.2. The zero-order valence-electron chi connectivity index (χ0n) is 16.1. The van der Waals surface area contributed by atoms with Gasteiger partial charge in [0.2, 0.25) is 0 Å². The Morgan fingerprint density at radius 2 is 1.56 bits per heavy atom. The van der Waals surface area contributed by atoms with Crippen LogP contribution >= 0.6 is 0 Å². The van der Waals surface area contributed by atoms with Crippen LogP contribution in [-0.2, 0) is 14.8 Å². The van der Waals surface area contributed by atoms with Crippen LogP contribution in [0.1, 0.15) is 31.9 Å². The van der Waals surface area contributed by atoms with Crippen LogP contribution in [-0.4, -0.2) is 14.2 Å². The predicted molar refractivity (Wildman–Crippen MR) is 110 cm³/mol. The molecular formula is C22H25NO3S. The van der Waals surface area contributed by atoms with Crippen molar-refractivity contribution < 1.29 is 13.2 Å². The lowest BCUT2D eigenvalue weighted by molar-refractivity contribution is -0.122. The number of nitrogens with one attached hydrogen (secondary N) is 1. The summed E-state index contributed by atoms with van der Waals surface area (Å²) in [5, 5.41) is 0. The van der Waals surface area contributed by atoms with Crippen LogP contribution in [0.5, 0.6) is 0 Å². The van der Waals surface area contributed by atoms with Crippen LogP contribution in [0.4, 0.5) is 0 Å². The minimum atomic E-state index is -3.85. The smallest absolute Gasteiger partial charge is 0.262 e. The summed E-state index contributed by atoms with van der Waals surface area (Å²) < 4.78 is 27.8. The van der Waals surface area contributed by atoms with Gasteiger partial charge in [-0.2, -0.15) is 0 Å². The maximum atomic E-state index is 12.7. The van der Waals surface area contributed by atoms with Crippen LogP contribution in [0, 0.1) is 12.3 Å². The van der Waals surface area contributed by atoms with E-state index in [1.807, 2.05) is 43.3 Å². The summed E-state index contributed by atoms with van der Waals surface area (Å²) in [4.78, 5) is 12.9. The Kier molecular flexibility index (Phi) is 6.39. The van der Waals surface area contributed by atoms with Gasteiger partial charge in [-0.1, -0.05) is 81.0 Å². The van der Waals surface area contributed by atoms with Gasteiger partial charge in [0.1, 0.15) is 0 Å². The molecule has 27 heavy (non-hydrogen) atoms. The highest BCUT2D eigenvalue weighted by Gasteiger charge is 2.28. The van der Waals surface area contributed by atoms with E-state index >= 15 is 0 Å². The number of rotatable bonds is 6.